The predicted molar refractivity (Wildman–Crippen MR) is 127 cm³/mol. The normalized spacial score (nSPS) is 10.7. The Morgan fingerprint density at radius 1 is 1.00 bits per heavy atom. The van der Waals surface area contributed by atoms with E-state index in [-0.39, 0.29) is 5.91 Å². The Bertz CT molecular complexity index is 1130. The van der Waals surface area contributed by atoms with Crippen LogP contribution in [0.3, 0.4) is 0 Å². The van der Waals surface area contributed by atoms with Crippen molar-refractivity contribution < 1.29 is 4.79 Å². The minimum absolute atomic E-state index is 0.00404. The van der Waals surface area contributed by atoms with Crippen molar-refractivity contribution in [2.45, 2.75) is 19.9 Å². The van der Waals surface area contributed by atoms with Crippen LogP contribution in [-0.2, 0) is 17.8 Å². The number of aromatic nitrogens is 3. The fourth-order valence-electron chi connectivity index (χ4n) is 3.76. The number of hydrogen-bond acceptors (Lipinski definition) is 4. The van der Waals surface area contributed by atoms with E-state index in [2.05, 4.69) is 74.6 Å². The molecule has 4 aromatic rings. The van der Waals surface area contributed by atoms with Crippen molar-refractivity contribution in [3.05, 3.63) is 102 Å². The van der Waals surface area contributed by atoms with Crippen LogP contribution in [0.5, 0.6) is 0 Å². The summed E-state index contributed by atoms with van der Waals surface area (Å²) in [6.45, 7) is 4.04. The Kier molecular flexibility index (Phi) is 6.92. The number of hydrogen-bond donors (Lipinski definition) is 2. The molecule has 32 heavy (non-hydrogen) atoms. The molecule has 0 saturated carbocycles. The third-order valence-corrected chi connectivity index (χ3v) is 5.35. The summed E-state index contributed by atoms with van der Waals surface area (Å²) in [6.07, 6.45) is 7.29. The molecule has 6 heteroatoms. The van der Waals surface area contributed by atoms with Gasteiger partial charge in [0, 0.05) is 37.4 Å². The maximum absolute atomic E-state index is 12.3. The monoisotopic (exact) mass is 425 g/mol. The van der Waals surface area contributed by atoms with Crippen molar-refractivity contribution in [3.63, 3.8) is 0 Å². The molecule has 0 aliphatic rings. The number of amides is 1. The van der Waals surface area contributed by atoms with E-state index in [1.165, 1.54) is 16.7 Å². The van der Waals surface area contributed by atoms with E-state index < -0.39 is 0 Å². The van der Waals surface area contributed by atoms with E-state index in [1.807, 2.05) is 24.4 Å². The number of carbonyl (C=O) groups is 1. The van der Waals surface area contributed by atoms with Crippen molar-refractivity contribution in [2.24, 2.45) is 0 Å². The molecule has 0 aliphatic carbocycles. The summed E-state index contributed by atoms with van der Waals surface area (Å²) >= 11 is 0. The summed E-state index contributed by atoms with van der Waals surface area (Å²) in [5, 5.41) is 3.03. The third-order valence-electron chi connectivity index (χ3n) is 5.35. The Hall–Kier alpha value is -3.93. The second kappa shape index (κ2) is 10.4. The molecule has 0 fully saturated rings. The molecule has 2 aromatic heterocycles. The largest absolute Gasteiger partial charge is 0.364 e. The van der Waals surface area contributed by atoms with Gasteiger partial charge in [0.1, 0.15) is 0 Å². The lowest BCUT2D eigenvalue weighted by Gasteiger charge is -2.26. The number of aromatic amines is 1. The maximum atomic E-state index is 12.3. The highest BCUT2D eigenvalue weighted by Crippen LogP contribution is 2.27. The Morgan fingerprint density at radius 2 is 1.88 bits per heavy atom. The molecule has 4 rings (SSSR count). The van der Waals surface area contributed by atoms with Gasteiger partial charge in [0.25, 0.3) is 0 Å². The predicted octanol–water partition coefficient (Wildman–Crippen LogP) is 4.15. The molecule has 6 nitrogen and oxygen atoms in total. The van der Waals surface area contributed by atoms with Crippen LogP contribution in [0.25, 0.3) is 11.1 Å². The summed E-state index contributed by atoms with van der Waals surface area (Å²) in [4.78, 5) is 26.0. The van der Waals surface area contributed by atoms with Gasteiger partial charge in [-0.3, -0.25) is 9.78 Å². The second-order valence-electron chi connectivity index (χ2n) is 7.75. The molecular formula is C26H27N5O. The molecule has 0 atom stereocenters. The Labute approximate surface area is 188 Å². The van der Waals surface area contributed by atoms with E-state index >= 15 is 0 Å². The summed E-state index contributed by atoms with van der Waals surface area (Å²) in [7, 11) is 0. The van der Waals surface area contributed by atoms with Crippen molar-refractivity contribution in [1.29, 1.82) is 0 Å². The van der Waals surface area contributed by atoms with Crippen LogP contribution in [0.15, 0.2) is 85.6 Å². The SMILES string of the molecule is Cc1cc(-c2ccccc2)ccc1N(CCNC(=O)Cc1cccnc1)Cc1cnc[nH]1. The number of aryl methyl sites for hydroxylation is 1. The van der Waals surface area contributed by atoms with Crippen LogP contribution in [0.1, 0.15) is 16.8 Å². The van der Waals surface area contributed by atoms with Crippen LogP contribution in [0.2, 0.25) is 0 Å². The lowest BCUT2D eigenvalue weighted by Crippen LogP contribution is -2.35. The second-order valence-corrected chi connectivity index (χ2v) is 7.75. The lowest BCUT2D eigenvalue weighted by atomic mass is 10.0. The Morgan fingerprint density at radius 3 is 2.59 bits per heavy atom. The van der Waals surface area contributed by atoms with Crippen LogP contribution in [0, 0.1) is 6.92 Å². The highest BCUT2D eigenvalue weighted by Gasteiger charge is 2.13. The number of H-pyrrole nitrogens is 1. The van der Waals surface area contributed by atoms with Gasteiger partial charge in [-0.05, 0) is 47.4 Å². The molecule has 0 saturated heterocycles. The summed E-state index contributed by atoms with van der Waals surface area (Å²) in [6, 6.07) is 20.7. The summed E-state index contributed by atoms with van der Waals surface area (Å²) < 4.78 is 0. The van der Waals surface area contributed by atoms with Crippen LogP contribution in [0.4, 0.5) is 5.69 Å². The highest BCUT2D eigenvalue weighted by molar-refractivity contribution is 5.78. The number of carbonyl (C=O) groups excluding carboxylic acids is 1. The quantitative estimate of drug-likeness (QED) is 0.423. The molecule has 0 spiro atoms. The molecular weight excluding hydrogens is 398 g/mol. The third kappa shape index (κ3) is 5.60. The molecule has 162 valence electrons. The molecule has 0 radical (unpaired) electrons. The van der Waals surface area contributed by atoms with Crippen molar-refractivity contribution in [3.8, 4) is 11.1 Å². The Balaban J connectivity index is 1.45. The number of anilines is 1. The number of nitrogens with one attached hydrogen (secondary N) is 2. The molecule has 2 aromatic carbocycles. The zero-order valence-corrected chi connectivity index (χ0v) is 18.2. The van der Waals surface area contributed by atoms with Gasteiger partial charge in [0.2, 0.25) is 5.91 Å². The van der Waals surface area contributed by atoms with E-state index in [4.69, 9.17) is 0 Å². The van der Waals surface area contributed by atoms with Gasteiger partial charge >= 0.3 is 0 Å². The van der Waals surface area contributed by atoms with Gasteiger partial charge in [0.15, 0.2) is 0 Å². The molecule has 0 unspecified atom stereocenters. The first kappa shape index (κ1) is 21.3. The summed E-state index contributed by atoms with van der Waals surface area (Å²) in [5.41, 5.74) is 6.65. The van der Waals surface area contributed by atoms with Crippen molar-refractivity contribution in [2.75, 3.05) is 18.0 Å². The van der Waals surface area contributed by atoms with Gasteiger partial charge in [-0.25, -0.2) is 4.98 Å². The fraction of sp³-hybridized carbons (Fsp3) is 0.192. The zero-order valence-electron chi connectivity index (χ0n) is 18.2. The van der Waals surface area contributed by atoms with Gasteiger partial charge in [-0.2, -0.15) is 0 Å². The maximum Gasteiger partial charge on any atom is 0.224 e. The van der Waals surface area contributed by atoms with Crippen LogP contribution >= 0.6 is 0 Å². The molecule has 1 amide bonds. The summed E-state index contributed by atoms with van der Waals surface area (Å²) in [5.74, 6) is -0.00404. The average Bonchev–Trinajstić information content (AvgIpc) is 3.33. The van der Waals surface area contributed by atoms with Crippen molar-refractivity contribution >= 4 is 11.6 Å². The number of rotatable bonds is 9. The van der Waals surface area contributed by atoms with Crippen LogP contribution < -0.4 is 10.2 Å². The fourth-order valence-corrected chi connectivity index (χ4v) is 3.76. The van der Waals surface area contributed by atoms with Gasteiger partial charge in [0.05, 0.1) is 25.0 Å². The lowest BCUT2D eigenvalue weighted by molar-refractivity contribution is -0.120. The van der Waals surface area contributed by atoms with E-state index in [9.17, 15) is 4.79 Å². The van der Waals surface area contributed by atoms with Gasteiger partial charge in [-0.15, -0.1) is 0 Å². The first-order valence-electron chi connectivity index (χ1n) is 10.7. The highest BCUT2D eigenvalue weighted by atomic mass is 16.1. The van der Waals surface area contributed by atoms with Crippen molar-refractivity contribution in [1.82, 2.24) is 20.3 Å². The first-order chi connectivity index (χ1) is 15.7. The molecule has 0 aliphatic heterocycles. The van der Waals surface area contributed by atoms with E-state index in [0.717, 1.165) is 16.9 Å². The average molecular weight is 426 g/mol. The number of imidazole rings is 1. The van der Waals surface area contributed by atoms with E-state index in [1.54, 1.807) is 18.7 Å². The van der Waals surface area contributed by atoms with Crippen LogP contribution in [-0.4, -0.2) is 33.9 Å². The van der Waals surface area contributed by atoms with Gasteiger partial charge < -0.3 is 15.2 Å². The van der Waals surface area contributed by atoms with E-state index in [0.29, 0.717) is 26.1 Å². The topological polar surface area (TPSA) is 73.9 Å². The number of benzene rings is 2. The standard InChI is InChI=1S/C26H27N5O/c1-20-14-23(22-7-3-2-4-8-22)9-10-25(20)31(18-24-17-28-19-30-24)13-12-29-26(32)15-21-6-5-11-27-16-21/h2-11,14,16-17,19H,12-13,15,18H2,1H3,(H,28,30)(H,29,32). The minimum Gasteiger partial charge on any atom is -0.364 e. The number of pyridine rings is 1. The smallest absolute Gasteiger partial charge is 0.224 e. The molecule has 0 bridgehead atoms. The number of nitrogens with zero attached hydrogens (tertiary/aromatic N) is 3. The molecule has 2 heterocycles. The molecule has 2 N–H and O–H groups in total. The first-order valence-corrected chi connectivity index (χ1v) is 10.7. The zero-order chi connectivity index (χ0) is 22.2. The van der Waals surface area contributed by atoms with Gasteiger partial charge in [-0.1, -0.05) is 42.5 Å². The minimum atomic E-state index is -0.00404.